The van der Waals surface area contributed by atoms with Crippen LogP contribution in [0.5, 0.6) is 0 Å². The number of nitrogens with zero attached hydrogens (tertiary/aromatic N) is 22. The second-order valence-electron chi connectivity index (χ2n) is 28.0. The maximum atomic E-state index is 4.34. The quantitative estimate of drug-likeness (QED) is 0.136. The summed E-state index contributed by atoms with van der Waals surface area (Å²) in [5, 5.41) is 12.4. The van der Waals surface area contributed by atoms with E-state index in [-0.39, 0.29) is 0 Å². The molecule has 0 radical (unpaired) electrons. The van der Waals surface area contributed by atoms with Crippen molar-refractivity contribution in [3.8, 4) is 0 Å². The van der Waals surface area contributed by atoms with Gasteiger partial charge in [-0.1, -0.05) is 12.1 Å². The summed E-state index contributed by atoms with van der Waals surface area (Å²) in [5.41, 5.74) is 22.5. The van der Waals surface area contributed by atoms with Gasteiger partial charge in [0.15, 0.2) is 11.3 Å². The summed E-state index contributed by atoms with van der Waals surface area (Å²) >= 11 is 0. The van der Waals surface area contributed by atoms with Crippen molar-refractivity contribution < 1.29 is 0 Å². The number of hydrogen-bond acceptors (Lipinski definition) is 22. The molecule has 21 heterocycles. The summed E-state index contributed by atoms with van der Waals surface area (Å²) in [5.74, 6) is 0. The number of aromatic nitrogens is 22. The molecule has 0 saturated carbocycles. The molecule has 0 amide bonds. The normalized spacial score (nSPS) is 10.3. The van der Waals surface area contributed by atoms with Gasteiger partial charge in [0.25, 0.3) is 0 Å². The third-order valence-electron chi connectivity index (χ3n) is 17.9. The molecule has 0 aliphatic rings. The Labute approximate surface area is 700 Å². The Morgan fingerprint density at radius 2 is 0.570 bits per heavy atom. The van der Waals surface area contributed by atoms with Crippen molar-refractivity contribution in [3.05, 3.63) is 399 Å². The molecule has 0 bridgehead atoms. The first kappa shape index (κ1) is 84.6. The van der Waals surface area contributed by atoms with E-state index >= 15 is 0 Å². The lowest BCUT2D eigenvalue weighted by Gasteiger charge is -1.95. The molecule has 0 atom stereocenters. The Hall–Kier alpha value is -15.8. The SMILES string of the molecule is Cc1cc2ccncc2cn1.Cc1cc2cnccc2cn1.Cc1cc2ncccc2cn1.Cc1ccc2cccnc2n1.Cc1ccc2ccncc2n1.Cc1ccc2cnccc2n1.Cc1ccc2nccnc2c1.Cc1cnc2cccnc2c1.Cc1cnc2ccncc2c1.Cc1cnc2cnccc2c1.Cc1cnc2ncccc2c1. The molecule has 1 aromatic carbocycles. The molecule has 22 heteroatoms. The number of benzene rings is 1. The third-order valence-corrected chi connectivity index (χ3v) is 17.9. The van der Waals surface area contributed by atoms with Gasteiger partial charge in [0.1, 0.15) is 0 Å². The zero-order chi connectivity index (χ0) is 84.5. The summed E-state index contributed by atoms with van der Waals surface area (Å²) in [7, 11) is 0. The average Bonchev–Trinajstić information content (AvgIpc) is 0.943. The minimum Gasteiger partial charge on any atom is -0.264 e. The maximum Gasteiger partial charge on any atom is 0.159 e. The molecule has 0 aliphatic heterocycles. The zero-order valence-electron chi connectivity index (χ0n) is 69.1. The smallest absolute Gasteiger partial charge is 0.159 e. The highest BCUT2D eigenvalue weighted by atomic mass is 14.8. The van der Waals surface area contributed by atoms with Crippen LogP contribution in [0.15, 0.2) is 337 Å². The van der Waals surface area contributed by atoms with Crippen LogP contribution < -0.4 is 0 Å². The number of hydrogen-bond donors (Lipinski definition) is 0. The van der Waals surface area contributed by atoms with E-state index in [0.717, 1.165) is 155 Å². The Balaban J connectivity index is 0.000000122. The number of pyridine rings is 20. The second-order valence-corrected chi connectivity index (χ2v) is 28.0. The van der Waals surface area contributed by atoms with Gasteiger partial charge in [-0.3, -0.25) is 89.7 Å². The monoisotopic (exact) mass is 1580 g/mol. The molecule has 0 unspecified atom stereocenters. The molecule has 21 aromatic heterocycles. The fourth-order valence-corrected chi connectivity index (χ4v) is 11.8. The van der Waals surface area contributed by atoms with Gasteiger partial charge in [-0.05, 0) is 279 Å². The molecule has 22 nitrogen and oxygen atoms in total. The minimum absolute atomic E-state index is 0.818. The van der Waals surface area contributed by atoms with Gasteiger partial charge < -0.3 is 0 Å². The van der Waals surface area contributed by atoms with Crippen LogP contribution >= 0.6 is 0 Å². The molecule has 0 spiro atoms. The zero-order valence-corrected chi connectivity index (χ0v) is 69.1. The Kier molecular flexibility index (Phi) is 30.2. The second kappa shape index (κ2) is 43.2. The lowest BCUT2D eigenvalue weighted by atomic mass is 10.2. The van der Waals surface area contributed by atoms with Crippen molar-refractivity contribution in [2.75, 3.05) is 0 Å². The molecule has 0 saturated heterocycles. The van der Waals surface area contributed by atoms with E-state index in [1.165, 1.54) is 27.6 Å². The highest BCUT2D eigenvalue weighted by Crippen LogP contribution is 2.18. The summed E-state index contributed by atoms with van der Waals surface area (Å²) in [6.07, 6.45) is 45.0. The predicted octanol–water partition coefficient (Wildman–Crippen LogP) is 21.3. The number of rotatable bonds is 0. The van der Waals surface area contributed by atoms with Crippen molar-refractivity contribution in [2.45, 2.75) is 76.2 Å². The van der Waals surface area contributed by atoms with Crippen molar-refractivity contribution in [3.63, 3.8) is 0 Å². The Morgan fingerprint density at radius 1 is 0.149 bits per heavy atom. The molecule has 0 N–H and O–H groups in total. The minimum atomic E-state index is 0.818. The van der Waals surface area contributed by atoms with Gasteiger partial charge in [0.05, 0.1) is 62.0 Å². The fourth-order valence-electron chi connectivity index (χ4n) is 11.8. The molecular weight excluding hydrogens is 1500 g/mol. The molecule has 22 rings (SSSR count). The summed E-state index contributed by atoms with van der Waals surface area (Å²) in [6.45, 7) is 22.0. The Morgan fingerprint density at radius 3 is 1.28 bits per heavy atom. The summed E-state index contributed by atoms with van der Waals surface area (Å²) in [4.78, 5) is 91.3. The predicted molar refractivity (Wildman–Crippen MR) is 487 cm³/mol. The van der Waals surface area contributed by atoms with Crippen LogP contribution in [0, 0.1) is 76.2 Å². The lowest BCUT2D eigenvalue weighted by Crippen LogP contribution is -1.84. The molecule has 0 fully saturated rings. The van der Waals surface area contributed by atoms with Gasteiger partial charge in [0.2, 0.25) is 0 Å². The molecule has 0 aliphatic carbocycles. The molecule has 22 aromatic rings. The van der Waals surface area contributed by atoms with E-state index in [4.69, 9.17) is 0 Å². The Bertz CT molecular complexity index is 5670. The highest BCUT2D eigenvalue weighted by molar-refractivity contribution is 5.84. The van der Waals surface area contributed by atoms with E-state index in [1.54, 1.807) is 86.8 Å². The highest BCUT2D eigenvalue weighted by Gasteiger charge is 2.02. The van der Waals surface area contributed by atoms with Gasteiger partial charge in [-0.15, -0.1) is 0 Å². The maximum absolute atomic E-state index is 4.34. The topological polar surface area (TPSA) is 284 Å². The molecule has 121 heavy (non-hydrogen) atoms. The van der Waals surface area contributed by atoms with Crippen LogP contribution in [0.25, 0.3) is 120 Å². The fraction of sp³-hybridized carbons (Fsp3) is 0.111. The van der Waals surface area contributed by atoms with E-state index in [2.05, 4.69) is 140 Å². The van der Waals surface area contributed by atoms with E-state index in [9.17, 15) is 0 Å². The van der Waals surface area contributed by atoms with Crippen LogP contribution in [0.2, 0.25) is 0 Å². The number of fused-ring (bicyclic) bond motifs is 11. The van der Waals surface area contributed by atoms with E-state index < -0.39 is 0 Å². The van der Waals surface area contributed by atoms with Crippen LogP contribution in [-0.2, 0) is 0 Å². The van der Waals surface area contributed by atoms with E-state index in [1.807, 2.05) is 296 Å². The van der Waals surface area contributed by atoms with Gasteiger partial charge >= 0.3 is 0 Å². The van der Waals surface area contributed by atoms with E-state index in [0.29, 0.717) is 0 Å². The summed E-state index contributed by atoms with van der Waals surface area (Å²) < 4.78 is 0. The van der Waals surface area contributed by atoms with Crippen molar-refractivity contribution in [2.24, 2.45) is 0 Å². The first-order chi connectivity index (χ1) is 59.0. The molecular formula is C99H88N22. The van der Waals surface area contributed by atoms with Crippen molar-refractivity contribution in [1.29, 1.82) is 0 Å². The van der Waals surface area contributed by atoms with Crippen molar-refractivity contribution in [1.82, 2.24) is 110 Å². The van der Waals surface area contributed by atoms with Crippen LogP contribution in [0.4, 0.5) is 0 Å². The van der Waals surface area contributed by atoms with Gasteiger partial charge in [-0.2, -0.15) is 0 Å². The van der Waals surface area contributed by atoms with Crippen LogP contribution in [-0.4, -0.2) is 110 Å². The first-order valence-corrected chi connectivity index (χ1v) is 38.9. The standard InChI is InChI=1S/11C9H8N2/c1-7-4-9-5-10-3-2-8(9)6-11-7;1-7-4-8-2-3-10-5-9(8)6-11-7;1-7-4-8-6-10-3-2-9(8)11-5-7;1-7-4-8-2-3-10-6-9(8)11-5-7;1-7-2-3-8-6-10-5-4-9(8)11-7;1-7-2-3-8-4-5-10-6-9(8)11-7;1-7-2-3-8-9(6-7)11-5-4-10-8;1-7-4-5-8-3-2-6-10-9(8)11-7;1-7-5-9-8(6-11-7)3-2-4-10-9;1-7-5-9-8(11-6-7)3-2-4-10-9;1-7-5-8-3-2-4-10-9(8)11-6-7/h11*2-6H,1H3. The lowest BCUT2D eigenvalue weighted by molar-refractivity contribution is 1.20. The summed E-state index contributed by atoms with van der Waals surface area (Å²) in [6, 6.07) is 59.9. The largest absolute Gasteiger partial charge is 0.264 e. The first-order valence-electron chi connectivity index (χ1n) is 38.9. The molecule has 594 valence electrons. The van der Waals surface area contributed by atoms with Crippen molar-refractivity contribution >= 4 is 120 Å². The van der Waals surface area contributed by atoms with Crippen LogP contribution in [0.1, 0.15) is 62.0 Å². The number of aryl methyl sites for hydroxylation is 11. The average molecular weight is 1590 g/mol. The van der Waals surface area contributed by atoms with Gasteiger partial charge in [0, 0.05) is 231 Å². The van der Waals surface area contributed by atoms with Crippen LogP contribution in [0.3, 0.4) is 0 Å². The van der Waals surface area contributed by atoms with Gasteiger partial charge in [-0.25, -0.2) is 19.9 Å². The third kappa shape index (κ3) is 26.1.